The summed E-state index contributed by atoms with van der Waals surface area (Å²) in [6, 6.07) is 15.5. The molecule has 0 spiro atoms. The van der Waals surface area contributed by atoms with Crippen LogP contribution >= 0.6 is 0 Å². The van der Waals surface area contributed by atoms with Crippen molar-refractivity contribution in [3.8, 4) is 0 Å². The Morgan fingerprint density at radius 1 is 0.950 bits per heavy atom. The number of benzene rings is 2. The van der Waals surface area contributed by atoms with E-state index in [1.807, 2.05) is 30.3 Å². The van der Waals surface area contributed by atoms with Gasteiger partial charge in [-0.05, 0) is 35.9 Å². The second-order valence-electron chi connectivity index (χ2n) is 4.17. The summed E-state index contributed by atoms with van der Waals surface area (Å²) in [5.41, 5.74) is 7.08. The van der Waals surface area contributed by atoms with Crippen molar-refractivity contribution in [2.45, 2.75) is 0 Å². The predicted octanol–water partition coefficient (Wildman–Crippen LogP) is 3.07. The van der Waals surface area contributed by atoms with Gasteiger partial charge in [-0.25, -0.2) is 4.79 Å². The summed E-state index contributed by atoms with van der Waals surface area (Å²) in [5, 5.41) is 2.44. The van der Waals surface area contributed by atoms with Crippen LogP contribution in [0.3, 0.4) is 0 Å². The molecule has 0 bridgehead atoms. The summed E-state index contributed by atoms with van der Waals surface area (Å²) in [5.74, 6) is -0.0977. The van der Waals surface area contributed by atoms with Crippen molar-refractivity contribution >= 4 is 23.6 Å². The lowest BCUT2D eigenvalue weighted by molar-refractivity contribution is 0.104. The second-order valence-corrected chi connectivity index (χ2v) is 4.17. The summed E-state index contributed by atoms with van der Waals surface area (Å²) >= 11 is 0. The molecular formula is C16H14N2O2. The highest BCUT2D eigenvalue weighted by molar-refractivity contribution is 6.07. The number of nitrogens with two attached hydrogens (primary N) is 1. The summed E-state index contributed by atoms with van der Waals surface area (Å²) in [7, 11) is 0. The molecule has 0 heterocycles. The molecule has 2 aromatic rings. The van der Waals surface area contributed by atoms with Gasteiger partial charge in [0.2, 0.25) is 0 Å². The first-order valence-corrected chi connectivity index (χ1v) is 6.09. The number of carbonyl (C=O) groups is 2. The first-order chi connectivity index (χ1) is 9.65. The molecule has 4 nitrogen and oxygen atoms in total. The summed E-state index contributed by atoms with van der Waals surface area (Å²) in [6.07, 6.45) is 3.28. The third-order valence-electron chi connectivity index (χ3n) is 2.66. The number of ketones is 1. The third kappa shape index (κ3) is 3.81. The predicted molar refractivity (Wildman–Crippen MR) is 79.5 cm³/mol. The molecule has 0 saturated heterocycles. The molecule has 0 saturated carbocycles. The molecule has 4 heteroatoms. The molecule has 0 aliphatic heterocycles. The molecule has 20 heavy (non-hydrogen) atoms. The van der Waals surface area contributed by atoms with Crippen LogP contribution in [0.4, 0.5) is 10.5 Å². The summed E-state index contributed by atoms with van der Waals surface area (Å²) in [6.45, 7) is 0. The smallest absolute Gasteiger partial charge is 0.316 e. The number of allylic oxidation sites excluding steroid dienone is 1. The molecular weight excluding hydrogens is 252 g/mol. The monoisotopic (exact) mass is 266 g/mol. The van der Waals surface area contributed by atoms with Crippen molar-refractivity contribution in [1.29, 1.82) is 0 Å². The first-order valence-electron chi connectivity index (χ1n) is 6.09. The lowest BCUT2D eigenvalue weighted by Crippen LogP contribution is -2.19. The van der Waals surface area contributed by atoms with Crippen LogP contribution in [0.25, 0.3) is 6.08 Å². The highest BCUT2D eigenvalue weighted by Crippen LogP contribution is 2.11. The van der Waals surface area contributed by atoms with E-state index in [1.54, 1.807) is 30.3 Å². The molecule has 2 rings (SSSR count). The zero-order valence-corrected chi connectivity index (χ0v) is 10.7. The second kappa shape index (κ2) is 6.33. The Hall–Kier alpha value is -2.88. The first kappa shape index (κ1) is 13.5. The fraction of sp³-hybridized carbons (Fsp3) is 0. The number of anilines is 1. The van der Waals surface area contributed by atoms with E-state index in [0.717, 1.165) is 5.56 Å². The van der Waals surface area contributed by atoms with Crippen molar-refractivity contribution in [3.05, 3.63) is 71.8 Å². The zero-order chi connectivity index (χ0) is 14.4. The Labute approximate surface area is 116 Å². The third-order valence-corrected chi connectivity index (χ3v) is 2.66. The van der Waals surface area contributed by atoms with Crippen molar-refractivity contribution < 1.29 is 9.59 Å². The van der Waals surface area contributed by atoms with E-state index in [4.69, 9.17) is 5.73 Å². The van der Waals surface area contributed by atoms with Crippen LogP contribution in [0, 0.1) is 0 Å². The number of rotatable bonds is 4. The fourth-order valence-electron chi connectivity index (χ4n) is 1.69. The van der Waals surface area contributed by atoms with Crippen LogP contribution < -0.4 is 11.1 Å². The number of amides is 2. The van der Waals surface area contributed by atoms with Gasteiger partial charge in [0.25, 0.3) is 0 Å². The van der Waals surface area contributed by atoms with Crippen molar-refractivity contribution in [2.75, 3.05) is 5.32 Å². The number of urea groups is 1. The van der Waals surface area contributed by atoms with Gasteiger partial charge in [0, 0.05) is 11.3 Å². The maximum Gasteiger partial charge on any atom is 0.316 e. The molecule has 2 amide bonds. The number of primary amides is 1. The normalized spacial score (nSPS) is 10.4. The average Bonchev–Trinajstić information content (AvgIpc) is 2.46. The molecule has 0 atom stereocenters. The SMILES string of the molecule is NC(=O)Nc1ccc(C(=O)C=Cc2ccccc2)cc1. The van der Waals surface area contributed by atoms with Gasteiger partial charge in [-0.3, -0.25) is 4.79 Å². The number of hydrogen-bond acceptors (Lipinski definition) is 2. The van der Waals surface area contributed by atoms with Crippen LogP contribution in [0.15, 0.2) is 60.7 Å². The van der Waals surface area contributed by atoms with Crippen molar-refractivity contribution in [3.63, 3.8) is 0 Å². The minimum Gasteiger partial charge on any atom is -0.351 e. The van der Waals surface area contributed by atoms with Gasteiger partial charge in [-0.2, -0.15) is 0 Å². The molecule has 2 aromatic carbocycles. The van der Waals surface area contributed by atoms with E-state index in [-0.39, 0.29) is 5.78 Å². The van der Waals surface area contributed by atoms with Crippen molar-refractivity contribution in [2.24, 2.45) is 5.73 Å². The Morgan fingerprint density at radius 2 is 1.60 bits per heavy atom. The van der Waals surface area contributed by atoms with Crippen LogP contribution in [0.5, 0.6) is 0 Å². The largest absolute Gasteiger partial charge is 0.351 e. The number of carbonyl (C=O) groups excluding carboxylic acids is 2. The standard InChI is InChI=1S/C16H14N2O2/c17-16(20)18-14-9-7-13(8-10-14)15(19)11-6-12-4-2-1-3-5-12/h1-11H,(H3,17,18,20). The van der Waals surface area contributed by atoms with Crippen LogP contribution in [0.2, 0.25) is 0 Å². The van der Waals surface area contributed by atoms with E-state index in [9.17, 15) is 9.59 Å². The van der Waals surface area contributed by atoms with Gasteiger partial charge < -0.3 is 11.1 Å². The fourth-order valence-corrected chi connectivity index (χ4v) is 1.69. The van der Waals surface area contributed by atoms with Crippen molar-refractivity contribution in [1.82, 2.24) is 0 Å². The van der Waals surface area contributed by atoms with Gasteiger partial charge in [0.1, 0.15) is 0 Å². The molecule has 0 radical (unpaired) electrons. The lowest BCUT2D eigenvalue weighted by Gasteiger charge is -2.02. The van der Waals surface area contributed by atoms with E-state index in [2.05, 4.69) is 5.32 Å². The molecule has 0 unspecified atom stereocenters. The lowest BCUT2D eigenvalue weighted by atomic mass is 10.1. The Bertz CT molecular complexity index is 631. The minimum atomic E-state index is -0.631. The number of hydrogen-bond donors (Lipinski definition) is 2. The topological polar surface area (TPSA) is 72.2 Å². The number of nitrogens with one attached hydrogen (secondary N) is 1. The van der Waals surface area contributed by atoms with Crippen LogP contribution in [-0.2, 0) is 0 Å². The molecule has 0 fully saturated rings. The van der Waals surface area contributed by atoms with Crippen LogP contribution in [-0.4, -0.2) is 11.8 Å². The van der Waals surface area contributed by atoms with E-state index < -0.39 is 6.03 Å². The zero-order valence-electron chi connectivity index (χ0n) is 10.7. The average molecular weight is 266 g/mol. The minimum absolute atomic E-state index is 0.0977. The van der Waals surface area contributed by atoms with Crippen LogP contribution in [0.1, 0.15) is 15.9 Å². The summed E-state index contributed by atoms with van der Waals surface area (Å²) < 4.78 is 0. The Balaban J connectivity index is 2.06. The van der Waals surface area contributed by atoms with E-state index in [0.29, 0.717) is 11.3 Å². The Morgan fingerprint density at radius 3 is 2.20 bits per heavy atom. The van der Waals surface area contributed by atoms with Gasteiger partial charge in [0.05, 0.1) is 0 Å². The van der Waals surface area contributed by atoms with Gasteiger partial charge in [0.15, 0.2) is 5.78 Å². The molecule has 100 valence electrons. The molecule has 0 aliphatic carbocycles. The highest BCUT2D eigenvalue weighted by Gasteiger charge is 2.02. The van der Waals surface area contributed by atoms with Gasteiger partial charge in [-0.15, -0.1) is 0 Å². The molecule has 0 aliphatic rings. The van der Waals surface area contributed by atoms with Gasteiger partial charge >= 0.3 is 6.03 Å². The highest BCUT2D eigenvalue weighted by atomic mass is 16.2. The van der Waals surface area contributed by atoms with Gasteiger partial charge in [-0.1, -0.05) is 36.4 Å². The van der Waals surface area contributed by atoms with E-state index >= 15 is 0 Å². The molecule has 0 aromatic heterocycles. The van der Waals surface area contributed by atoms with E-state index in [1.165, 1.54) is 6.08 Å². The maximum atomic E-state index is 12.0. The summed E-state index contributed by atoms with van der Waals surface area (Å²) in [4.78, 5) is 22.6. The Kier molecular flexibility index (Phi) is 4.29. The maximum absolute atomic E-state index is 12.0. The molecule has 3 N–H and O–H groups in total. The quantitative estimate of drug-likeness (QED) is 0.659.